The number of nitrogens with two attached hydrogens (primary N) is 1. The van der Waals surface area contributed by atoms with Crippen molar-refractivity contribution in [2.24, 2.45) is 5.73 Å². The lowest BCUT2D eigenvalue weighted by molar-refractivity contribution is -0.348. The lowest BCUT2D eigenvalue weighted by atomic mass is 9.95. The van der Waals surface area contributed by atoms with E-state index in [0.29, 0.717) is 0 Å². The fourth-order valence-corrected chi connectivity index (χ4v) is 3.36. The molecule has 0 bridgehead atoms. The van der Waals surface area contributed by atoms with Gasteiger partial charge in [-0.15, -0.1) is 0 Å². The van der Waals surface area contributed by atoms with E-state index in [-0.39, 0.29) is 13.2 Å². The van der Waals surface area contributed by atoms with Gasteiger partial charge in [-0.2, -0.15) is 0 Å². The molecule has 0 aliphatic carbocycles. The second kappa shape index (κ2) is 10.9. The molecule has 0 spiro atoms. The Labute approximate surface area is 166 Å². The van der Waals surface area contributed by atoms with E-state index in [0.717, 1.165) is 0 Å². The maximum atomic E-state index is 11.5. The number of hydrogen-bond acceptors (Lipinski definition) is 12. The molecule has 2 heterocycles. The fourth-order valence-electron chi connectivity index (χ4n) is 3.36. The highest BCUT2D eigenvalue weighted by Gasteiger charge is 2.51. The number of carbonyl (C=O) groups is 1. The molecule has 2 rings (SSSR count). The molecule has 0 aromatic carbocycles. The number of nitrogens with one attached hydrogen (secondary N) is 1. The quantitative estimate of drug-likeness (QED) is 0.183. The zero-order valence-electron chi connectivity index (χ0n) is 15.9. The lowest BCUT2D eigenvalue weighted by Gasteiger charge is -2.47. The lowest BCUT2D eigenvalue weighted by Crippen LogP contribution is -2.67. The summed E-state index contributed by atoms with van der Waals surface area (Å²) in [5.41, 5.74) is 5.47. The Bertz CT molecular complexity index is 525. The molecule has 13 heteroatoms. The van der Waals surface area contributed by atoms with Gasteiger partial charge in [-0.25, -0.2) is 0 Å². The molecule has 0 radical (unpaired) electrons. The second-order valence-corrected chi connectivity index (χ2v) is 6.90. The molecule has 2 saturated heterocycles. The molecule has 0 unspecified atom stereocenters. The van der Waals surface area contributed by atoms with Gasteiger partial charge in [-0.3, -0.25) is 4.79 Å². The average Bonchev–Trinajstić information content (AvgIpc) is 2.69. The molecule has 2 aliphatic rings. The zero-order chi connectivity index (χ0) is 21.7. The first-order valence-electron chi connectivity index (χ1n) is 9.24. The highest BCUT2D eigenvalue weighted by molar-refractivity contribution is 5.73. The maximum Gasteiger partial charge on any atom is 0.217 e. The molecule has 1 amide bonds. The number of rotatable bonds is 8. The summed E-state index contributed by atoms with van der Waals surface area (Å²) in [6.45, 7) is 0.0689. The molecular formula is C16H30N2O11. The van der Waals surface area contributed by atoms with Gasteiger partial charge in [0, 0.05) is 13.5 Å². The molecule has 0 aromatic rings. The van der Waals surface area contributed by atoms with Crippen LogP contribution in [-0.2, 0) is 23.7 Å². The van der Waals surface area contributed by atoms with Crippen LogP contribution in [0.3, 0.4) is 0 Å². The summed E-state index contributed by atoms with van der Waals surface area (Å²) in [5.74, 6) is -0.493. The summed E-state index contributed by atoms with van der Waals surface area (Å²) in [6.07, 6.45) is -12.6. The van der Waals surface area contributed by atoms with Gasteiger partial charge in [-0.1, -0.05) is 0 Å². The van der Waals surface area contributed by atoms with Crippen molar-refractivity contribution in [1.82, 2.24) is 5.32 Å². The average molecular weight is 426 g/mol. The maximum absolute atomic E-state index is 11.5. The van der Waals surface area contributed by atoms with Crippen LogP contribution in [0.25, 0.3) is 0 Å². The Kier molecular flexibility index (Phi) is 9.12. The van der Waals surface area contributed by atoms with Crippen LogP contribution in [0.15, 0.2) is 0 Å². The minimum absolute atomic E-state index is 0.0140. The van der Waals surface area contributed by atoms with E-state index < -0.39 is 80.5 Å². The van der Waals surface area contributed by atoms with Crippen molar-refractivity contribution >= 4 is 5.91 Å². The summed E-state index contributed by atoms with van der Waals surface area (Å²) < 4.78 is 22.0. The van der Waals surface area contributed by atoms with Crippen LogP contribution in [0.2, 0.25) is 0 Å². The number of hydrogen-bond donors (Lipinski definition) is 8. The fraction of sp³-hybridized carbons (Fsp3) is 0.938. The predicted octanol–water partition coefficient (Wildman–Crippen LogP) is -5.27. The van der Waals surface area contributed by atoms with Crippen LogP contribution in [0, 0.1) is 0 Å². The van der Waals surface area contributed by atoms with Crippen LogP contribution in [0.1, 0.15) is 6.92 Å². The van der Waals surface area contributed by atoms with Crippen LogP contribution in [-0.4, -0.2) is 124 Å². The monoisotopic (exact) mass is 426 g/mol. The molecular weight excluding hydrogens is 396 g/mol. The Morgan fingerprint density at radius 1 is 1.00 bits per heavy atom. The smallest absolute Gasteiger partial charge is 0.217 e. The molecule has 9 N–H and O–H groups in total. The first-order valence-corrected chi connectivity index (χ1v) is 9.24. The van der Waals surface area contributed by atoms with Crippen molar-refractivity contribution in [3.8, 4) is 0 Å². The third-order valence-corrected chi connectivity index (χ3v) is 4.78. The Morgan fingerprint density at radius 2 is 1.66 bits per heavy atom. The van der Waals surface area contributed by atoms with Crippen molar-refractivity contribution in [3.05, 3.63) is 0 Å². The summed E-state index contributed by atoms with van der Waals surface area (Å²) in [6, 6.07) is -1.10. The molecule has 2 aliphatic heterocycles. The highest BCUT2D eigenvalue weighted by atomic mass is 16.7. The molecule has 0 aromatic heterocycles. The molecule has 13 nitrogen and oxygen atoms in total. The molecule has 29 heavy (non-hydrogen) atoms. The molecule has 170 valence electrons. The van der Waals surface area contributed by atoms with Gasteiger partial charge in [0.1, 0.15) is 48.8 Å². The van der Waals surface area contributed by atoms with Crippen molar-refractivity contribution in [2.45, 2.75) is 68.3 Å². The van der Waals surface area contributed by atoms with Gasteiger partial charge in [-0.05, 0) is 0 Å². The normalized spacial score (nSPS) is 43.2. The summed E-state index contributed by atoms with van der Waals surface area (Å²) in [7, 11) is 0. The van der Waals surface area contributed by atoms with Crippen LogP contribution >= 0.6 is 0 Å². The zero-order valence-corrected chi connectivity index (χ0v) is 15.9. The number of aliphatic hydroxyl groups excluding tert-OH is 6. The van der Waals surface area contributed by atoms with Crippen molar-refractivity contribution < 1.29 is 54.4 Å². The first-order chi connectivity index (χ1) is 13.7. The van der Waals surface area contributed by atoms with E-state index >= 15 is 0 Å². The summed E-state index contributed by atoms with van der Waals surface area (Å²) >= 11 is 0. The van der Waals surface area contributed by atoms with E-state index in [2.05, 4.69) is 5.32 Å². The van der Waals surface area contributed by atoms with Gasteiger partial charge in [0.05, 0.1) is 19.8 Å². The minimum atomic E-state index is -1.70. The summed E-state index contributed by atoms with van der Waals surface area (Å²) in [5, 5.41) is 61.7. The Morgan fingerprint density at radius 3 is 2.21 bits per heavy atom. The van der Waals surface area contributed by atoms with Gasteiger partial charge in [0.2, 0.25) is 5.91 Å². The third kappa shape index (κ3) is 5.59. The van der Waals surface area contributed by atoms with Crippen molar-refractivity contribution in [3.63, 3.8) is 0 Å². The van der Waals surface area contributed by atoms with E-state index in [9.17, 15) is 35.4 Å². The van der Waals surface area contributed by atoms with Crippen molar-refractivity contribution in [1.29, 1.82) is 0 Å². The second-order valence-electron chi connectivity index (χ2n) is 6.90. The van der Waals surface area contributed by atoms with E-state index in [1.807, 2.05) is 0 Å². The van der Waals surface area contributed by atoms with E-state index in [1.165, 1.54) is 6.92 Å². The van der Waals surface area contributed by atoms with Crippen LogP contribution < -0.4 is 11.1 Å². The predicted molar refractivity (Wildman–Crippen MR) is 93.0 cm³/mol. The standard InChI is InChI=1S/C16H30N2O11/c1-6(21)18-9-14(26-3-2-17)13(8(5-20)27-15(9)25)29-16-12(24)11(23)10(22)7(4-19)28-16/h7-16,19-20,22-25H,2-5,17H2,1H3,(H,18,21)/t7-,8-,9-,10+,11+,12-,13-,14-,15-,16+/m1/s1. The number of carbonyl (C=O) groups excluding carboxylic acids is 1. The van der Waals surface area contributed by atoms with E-state index in [4.69, 9.17) is 24.7 Å². The molecule has 0 saturated carbocycles. The van der Waals surface area contributed by atoms with Gasteiger partial charge >= 0.3 is 0 Å². The summed E-state index contributed by atoms with van der Waals surface area (Å²) in [4.78, 5) is 11.5. The Balaban J connectivity index is 2.27. The first kappa shape index (κ1) is 24.3. The number of ether oxygens (including phenoxy) is 4. The highest BCUT2D eigenvalue weighted by Crippen LogP contribution is 2.30. The third-order valence-electron chi connectivity index (χ3n) is 4.78. The SMILES string of the molecule is CC(=O)N[C@@H]1[C@@H](OCCN)[C@H](O[C@@H]2O[C@H](CO)[C@H](O)[C@H](O)[C@H]2O)[C@@H](CO)O[C@H]1O. The van der Waals surface area contributed by atoms with Crippen LogP contribution in [0.4, 0.5) is 0 Å². The topological polar surface area (TPSA) is 213 Å². The molecule has 10 atom stereocenters. The molecule has 2 fully saturated rings. The van der Waals surface area contributed by atoms with Crippen molar-refractivity contribution in [2.75, 3.05) is 26.4 Å². The van der Waals surface area contributed by atoms with Gasteiger partial charge < -0.3 is 60.6 Å². The van der Waals surface area contributed by atoms with Gasteiger partial charge in [0.15, 0.2) is 12.6 Å². The minimum Gasteiger partial charge on any atom is -0.394 e. The number of amides is 1. The van der Waals surface area contributed by atoms with E-state index in [1.54, 1.807) is 0 Å². The van der Waals surface area contributed by atoms with Gasteiger partial charge in [0.25, 0.3) is 0 Å². The largest absolute Gasteiger partial charge is 0.394 e. The number of aliphatic hydroxyl groups is 6. The Hall–Kier alpha value is -0.970. The van der Waals surface area contributed by atoms with Crippen LogP contribution in [0.5, 0.6) is 0 Å².